The van der Waals surface area contributed by atoms with E-state index in [4.69, 9.17) is 0 Å². The predicted molar refractivity (Wildman–Crippen MR) is 213 cm³/mol. The van der Waals surface area contributed by atoms with Crippen molar-refractivity contribution in [1.29, 1.82) is 0 Å². The average Bonchev–Trinajstić information content (AvgIpc) is 3.63. The van der Waals surface area contributed by atoms with Crippen LogP contribution in [0.3, 0.4) is 0 Å². The number of hydrogen-bond acceptors (Lipinski definition) is 2. The summed E-state index contributed by atoms with van der Waals surface area (Å²) in [5.41, 5.74) is 10.2. The number of benzene rings is 8. The predicted octanol–water partition coefficient (Wildman–Crippen LogP) is 11.9. The van der Waals surface area contributed by atoms with Crippen molar-refractivity contribution in [3.63, 3.8) is 0 Å². The SMILES string of the molecule is CC1(C)c2cc(C(=O)c3cccc4ccccc34)ccc2-c2cc3c(cc21)c1ccc(C(=O)c2cccc4ccccc24)cc1n3-c1ccccc1. The van der Waals surface area contributed by atoms with Gasteiger partial charge in [-0.2, -0.15) is 0 Å². The highest BCUT2D eigenvalue weighted by molar-refractivity contribution is 6.20. The van der Waals surface area contributed by atoms with Gasteiger partial charge in [-0.1, -0.05) is 141 Å². The van der Waals surface area contributed by atoms with Gasteiger partial charge in [0.2, 0.25) is 0 Å². The van der Waals surface area contributed by atoms with Crippen LogP contribution in [0.15, 0.2) is 164 Å². The molecule has 0 atom stereocenters. The molecule has 246 valence electrons. The Morgan fingerprint density at radius 2 is 0.981 bits per heavy atom. The molecule has 3 heteroatoms. The van der Waals surface area contributed by atoms with E-state index < -0.39 is 0 Å². The van der Waals surface area contributed by atoms with Crippen molar-refractivity contribution in [2.45, 2.75) is 19.3 Å². The molecule has 9 aromatic rings. The molecule has 1 aromatic heterocycles. The third-order valence-corrected chi connectivity index (χ3v) is 11.2. The van der Waals surface area contributed by atoms with Crippen LogP contribution < -0.4 is 0 Å². The highest BCUT2D eigenvalue weighted by Crippen LogP contribution is 2.51. The Morgan fingerprint density at radius 1 is 0.442 bits per heavy atom. The van der Waals surface area contributed by atoms with E-state index >= 15 is 0 Å². The fraction of sp³-hybridized carbons (Fsp3) is 0.0612. The lowest BCUT2D eigenvalue weighted by Crippen LogP contribution is -2.16. The summed E-state index contributed by atoms with van der Waals surface area (Å²) in [6, 6.07) is 55.4. The summed E-state index contributed by atoms with van der Waals surface area (Å²) >= 11 is 0. The first-order valence-corrected chi connectivity index (χ1v) is 17.8. The van der Waals surface area contributed by atoms with Crippen molar-refractivity contribution in [3.8, 4) is 16.8 Å². The van der Waals surface area contributed by atoms with Crippen LogP contribution in [0.2, 0.25) is 0 Å². The van der Waals surface area contributed by atoms with E-state index in [0.717, 1.165) is 65.7 Å². The second-order valence-electron chi connectivity index (χ2n) is 14.4. The van der Waals surface area contributed by atoms with E-state index in [1.165, 1.54) is 11.1 Å². The summed E-state index contributed by atoms with van der Waals surface area (Å²) in [5, 5.41) is 6.26. The Bertz CT molecular complexity index is 2950. The molecule has 0 aliphatic heterocycles. The lowest BCUT2D eigenvalue weighted by molar-refractivity contribution is 0.103. The molecule has 0 fully saturated rings. The summed E-state index contributed by atoms with van der Waals surface area (Å²) in [6.07, 6.45) is 0. The number of para-hydroxylation sites is 1. The van der Waals surface area contributed by atoms with Gasteiger partial charge in [-0.15, -0.1) is 0 Å². The Morgan fingerprint density at radius 3 is 1.65 bits per heavy atom. The van der Waals surface area contributed by atoms with Gasteiger partial charge in [0.15, 0.2) is 11.6 Å². The monoisotopic (exact) mass is 667 g/mol. The molecule has 0 spiro atoms. The van der Waals surface area contributed by atoms with Crippen LogP contribution in [0, 0.1) is 0 Å². The van der Waals surface area contributed by atoms with Crippen molar-refractivity contribution < 1.29 is 9.59 Å². The first-order valence-electron chi connectivity index (χ1n) is 17.8. The van der Waals surface area contributed by atoms with Gasteiger partial charge in [-0.3, -0.25) is 9.59 Å². The number of fused-ring (bicyclic) bond motifs is 8. The lowest BCUT2D eigenvalue weighted by atomic mass is 9.81. The van der Waals surface area contributed by atoms with Gasteiger partial charge in [0.25, 0.3) is 0 Å². The maximum atomic E-state index is 14.2. The molecule has 0 amide bonds. The van der Waals surface area contributed by atoms with Gasteiger partial charge in [-0.05, 0) is 80.2 Å². The third kappa shape index (κ3) is 4.39. The first kappa shape index (κ1) is 30.3. The van der Waals surface area contributed by atoms with Crippen LogP contribution in [0.4, 0.5) is 0 Å². The summed E-state index contributed by atoms with van der Waals surface area (Å²) in [4.78, 5) is 28.2. The number of carbonyl (C=O) groups is 2. The quantitative estimate of drug-likeness (QED) is 0.171. The molecular weight excluding hydrogens is 635 g/mol. The van der Waals surface area contributed by atoms with E-state index in [1.54, 1.807) is 0 Å². The lowest BCUT2D eigenvalue weighted by Gasteiger charge is -2.22. The van der Waals surface area contributed by atoms with Crippen LogP contribution in [0.25, 0.3) is 60.2 Å². The van der Waals surface area contributed by atoms with Gasteiger partial charge in [0, 0.05) is 44.1 Å². The number of hydrogen-bond donors (Lipinski definition) is 0. The molecule has 10 rings (SSSR count). The zero-order valence-corrected chi connectivity index (χ0v) is 28.9. The molecule has 1 heterocycles. The first-order chi connectivity index (χ1) is 25.4. The molecule has 3 nitrogen and oxygen atoms in total. The number of ketones is 2. The molecule has 0 radical (unpaired) electrons. The molecule has 0 saturated heterocycles. The van der Waals surface area contributed by atoms with Gasteiger partial charge >= 0.3 is 0 Å². The topological polar surface area (TPSA) is 39.1 Å². The Balaban J connectivity index is 1.15. The minimum absolute atomic E-state index is 0.00924. The fourth-order valence-electron chi connectivity index (χ4n) is 8.54. The average molecular weight is 668 g/mol. The van der Waals surface area contributed by atoms with Gasteiger partial charge in [0.05, 0.1) is 11.0 Å². The zero-order valence-electron chi connectivity index (χ0n) is 28.9. The van der Waals surface area contributed by atoms with E-state index in [2.05, 4.69) is 79.1 Å². The summed E-state index contributed by atoms with van der Waals surface area (Å²) in [6.45, 7) is 4.51. The highest BCUT2D eigenvalue weighted by atomic mass is 16.1. The Kier molecular flexibility index (Phi) is 6.53. The third-order valence-electron chi connectivity index (χ3n) is 11.2. The maximum Gasteiger partial charge on any atom is 0.193 e. The molecule has 0 bridgehead atoms. The minimum atomic E-state index is -0.334. The highest BCUT2D eigenvalue weighted by Gasteiger charge is 2.37. The Labute approximate surface area is 301 Å². The van der Waals surface area contributed by atoms with Crippen LogP contribution >= 0.6 is 0 Å². The van der Waals surface area contributed by atoms with Gasteiger partial charge in [-0.25, -0.2) is 0 Å². The van der Waals surface area contributed by atoms with Crippen LogP contribution in [-0.2, 0) is 5.41 Å². The zero-order chi connectivity index (χ0) is 35.1. The number of carbonyl (C=O) groups excluding carboxylic acids is 2. The molecule has 0 N–H and O–H groups in total. The number of aromatic nitrogens is 1. The molecule has 1 aliphatic rings. The van der Waals surface area contributed by atoms with Crippen LogP contribution in [0.5, 0.6) is 0 Å². The van der Waals surface area contributed by atoms with E-state index in [1.807, 2.05) is 103 Å². The van der Waals surface area contributed by atoms with E-state index in [9.17, 15) is 9.59 Å². The minimum Gasteiger partial charge on any atom is -0.309 e. The molecule has 8 aromatic carbocycles. The van der Waals surface area contributed by atoms with Crippen LogP contribution in [-0.4, -0.2) is 16.1 Å². The van der Waals surface area contributed by atoms with Crippen molar-refractivity contribution in [1.82, 2.24) is 4.57 Å². The summed E-state index contributed by atoms with van der Waals surface area (Å²) < 4.78 is 2.29. The molecule has 0 saturated carbocycles. The number of nitrogens with zero attached hydrogens (tertiary/aromatic N) is 1. The Hall–Kier alpha value is -6.58. The summed E-state index contributed by atoms with van der Waals surface area (Å²) in [5.74, 6) is 0.0434. The van der Waals surface area contributed by atoms with Crippen LogP contribution in [0.1, 0.15) is 56.8 Å². The molecule has 1 aliphatic carbocycles. The van der Waals surface area contributed by atoms with Gasteiger partial charge in [0.1, 0.15) is 0 Å². The van der Waals surface area contributed by atoms with E-state index in [-0.39, 0.29) is 17.0 Å². The van der Waals surface area contributed by atoms with E-state index in [0.29, 0.717) is 16.7 Å². The van der Waals surface area contributed by atoms with Crippen molar-refractivity contribution >= 4 is 54.9 Å². The van der Waals surface area contributed by atoms with Crippen molar-refractivity contribution in [2.75, 3.05) is 0 Å². The standard InChI is InChI=1S/C49H33NO2/c1-49(2)43-26-32(47(51)39-20-10-14-30-12-6-8-18-35(30)39)22-24-37(43)41-29-46-42(28-44(41)49)38-25-23-33(27-45(38)50(46)34-16-4-3-5-17-34)48(52)40-21-11-15-31-13-7-9-19-36(31)40/h3-29H,1-2H3. The van der Waals surface area contributed by atoms with Crippen molar-refractivity contribution in [2.24, 2.45) is 0 Å². The normalized spacial score (nSPS) is 13.1. The molecule has 0 unspecified atom stereocenters. The van der Waals surface area contributed by atoms with Gasteiger partial charge < -0.3 is 4.57 Å². The largest absolute Gasteiger partial charge is 0.309 e. The second kappa shape index (κ2) is 11.2. The molecule has 52 heavy (non-hydrogen) atoms. The number of rotatable bonds is 5. The van der Waals surface area contributed by atoms with Crippen molar-refractivity contribution in [3.05, 3.63) is 197 Å². The maximum absolute atomic E-state index is 14.2. The fourth-order valence-corrected chi connectivity index (χ4v) is 8.54. The molecular formula is C49H33NO2. The second-order valence-corrected chi connectivity index (χ2v) is 14.4. The summed E-state index contributed by atoms with van der Waals surface area (Å²) in [7, 11) is 0. The smallest absolute Gasteiger partial charge is 0.193 e.